The van der Waals surface area contributed by atoms with Crippen LogP contribution < -0.4 is 4.73 Å². The van der Waals surface area contributed by atoms with Gasteiger partial charge in [-0.15, -0.1) is 0 Å². The van der Waals surface area contributed by atoms with Crippen LogP contribution in [0.3, 0.4) is 0 Å². The first-order valence-electron chi connectivity index (χ1n) is 6.08. The molecule has 0 N–H and O–H groups in total. The van der Waals surface area contributed by atoms with Gasteiger partial charge < -0.3 is 5.21 Å². The van der Waals surface area contributed by atoms with Crippen molar-refractivity contribution >= 4 is 16.6 Å². The molecule has 0 fully saturated rings. The zero-order chi connectivity index (χ0) is 14.1. The fraction of sp³-hybridized carbons (Fsp3) is 0. The monoisotopic (exact) mass is 267 g/mol. The molecule has 1 aromatic heterocycles. The summed E-state index contributed by atoms with van der Waals surface area (Å²) in [5, 5.41) is 13.4. The van der Waals surface area contributed by atoms with Crippen molar-refractivity contribution in [2.45, 2.75) is 0 Å². The summed E-state index contributed by atoms with van der Waals surface area (Å²) in [5.41, 5.74) is -0.193. The highest BCUT2D eigenvalue weighted by molar-refractivity contribution is 6.08. The quantitative estimate of drug-likeness (QED) is 0.407. The number of nitrogens with zero attached hydrogens (tertiary/aromatic N) is 1. The minimum atomic E-state index is -0.819. The molecule has 0 aliphatic rings. The van der Waals surface area contributed by atoms with Gasteiger partial charge in [-0.05, 0) is 22.9 Å². The molecule has 0 radical (unpaired) electrons. The van der Waals surface area contributed by atoms with Crippen LogP contribution in [0.1, 0.15) is 16.1 Å². The lowest BCUT2D eigenvalue weighted by Gasteiger charge is -2.05. The van der Waals surface area contributed by atoms with E-state index in [0.29, 0.717) is 5.56 Å². The largest absolute Gasteiger partial charge is 0.618 e. The van der Waals surface area contributed by atoms with Gasteiger partial charge in [0.25, 0.3) is 5.78 Å². The third-order valence-corrected chi connectivity index (χ3v) is 3.14. The summed E-state index contributed by atoms with van der Waals surface area (Å²) in [7, 11) is 0. The van der Waals surface area contributed by atoms with E-state index < -0.39 is 17.3 Å². The average molecular weight is 267 g/mol. The fourth-order valence-electron chi connectivity index (χ4n) is 2.14. The molecule has 0 spiro atoms. The van der Waals surface area contributed by atoms with E-state index >= 15 is 0 Å². The van der Waals surface area contributed by atoms with Crippen molar-refractivity contribution < 1.29 is 13.9 Å². The summed E-state index contributed by atoms with van der Waals surface area (Å²) in [4.78, 5) is 12.3. The molecule has 3 aromatic rings. The van der Waals surface area contributed by atoms with Gasteiger partial charge in [0.2, 0.25) is 0 Å². The molecule has 0 aliphatic carbocycles. The second-order valence-corrected chi connectivity index (χ2v) is 4.42. The molecular weight excluding hydrogens is 257 g/mol. The predicted molar refractivity (Wildman–Crippen MR) is 72.7 cm³/mol. The molecule has 98 valence electrons. The number of halogens is 1. The molecule has 0 aliphatic heterocycles. The van der Waals surface area contributed by atoms with E-state index in [0.717, 1.165) is 23.0 Å². The maximum atomic E-state index is 13.7. The van der Waals surface area contributed by atoms with E-state index in [1.165, 1.54) is 6.07 Å². The number of hydrogen-bond acceptors (Lipinski definition) is 2. The molecular formula is C16H10FNO2. The molecule has 1 heterocycles. The second-order valence-electron chi connectivity index (χ2n) is 4.42. The van der Waals surface area contributed by atoms with Crippen LogP contribution in [0.4, 0.5) is 4.39 Å². The Morgan fingerprint density at radius 2 is 1.75 bits per heavy atom. The summed E-state index contributed by atoms with van der Waals surface area (Å²) in [5.74, 6) is -1.44. The Bertz CT molecular complexity index is 794. The number of hydrogen-bond donors (Lipinski definition) is 0. The maximum absolute atomic E-state index is 13.7. The lowest BCUT2D eigenvalue weighted by Crippen LogP contribution is -2.35. The van der Waals surface area contributed by atoms with E-state index in [9.17, 15) is 14.4 Å². The normalized spacial score (nSPS) is 10.7. The van der Waals surface area contributed by atoms with Crippen molar-refractivity contribution in [1.29, 1.82) is 0 Å². The lowest BCUT2D eigenvalue weighted by molar-refractivity contribution is -0.609. The van der Waals surface area contributed by atoms with Gasteiger partial charge in [-0.3, -0.25) is 4.79 Å². The van der Waals surface area contributed by atoms with Gasteiger partial charge in [-0.25, -0.2) is 0 Å². The Morgan fingerprint density at radius 1 is 1.00 bits per heavy atom. The Hall–Kier alpha value is -2.75. The van der Waals surface area contributed by atoms with Gasteiger partial charge in [0, 0.05) is 11.6 Å². The second kappa shape index (κ2) is 4.74. The Morgan fingerprint density at radius 3 is 2.50 bits per heavy atom. The van der Waals surface area contributed by atoms with Crippen LogP contribution in [-0.2, 0) is 0 Å². The van der Waals surface area contributed by atoms with Crippen LogP contribution in [0.25, 0.3) is 10.8 Å². The molecule has 3 rings (SSSR count). The SMILES string of the molecule is O=C(c1ccc2ccccc2c1)c1c(F)ccc[n+]1[O-]. The smallest absolute Gasteiger partial charge is 0.300 e. The van der Waals surface area contributed by atoms with Crippen LogP contribution in [0.15, 0.2) is 60.8 Å². The van der Waals surface area contributed by atoms with Crippen LogP contribution in [0.2, 0.25) is 0 Å². The number of fused-ring (bicyclic) bond motifs is 1. The van der Waals surface area contributed by atoms with Crippen molar-refractivity contribution in [2.75, 3.05) is 0 Å². The Labute approximate surface area is 114 Å². The molecule has 0 bridgehead atoms. The summed E-state index contributed by atoms with van der Waals surface area (Å²) >= 11 is 0. The molecule has 0 amide bonds. The summed E-state index contributed by atoms with van der Waals surface area (Å²) in [6.45, 7) is 0. The zero-order valence-electron chi connectivity index (χ0n) is 10.4. The van der Waals surface area contributed by atoms with Gasteiger partial charge in [-0.2, -0.15) is 9.12 Å². The molecule has 4 heteroatoms. The number of pyridine rings is 1. The molecule has 0 saturated heterocycles. The first-order valence-corrected chi connectivity index (χ1v) is 6.08. The topological polar surface area (TPSA) is 44.0 Å². The van der Waals surface area contributed by atoms with E-state index in [1.807, 2.05) is 24.3 Å². The molecule has 0 unspecified atom stereocenters. The Balaban J connectivity index is 2.13. The van der Waals surface area contributed by atoms with Crippen LogP contribution in [-0.4, -0.2) is 5.78 Å². The minimum Gasteiger partial charge on any atom is -0.618 e. The zero-order valence-corrected chi connectivity index (χ0v) is 10.4. The highest BCUT2D eigenvalue weighted by Crippen LogP contribution is 2.18. The van der Waals surface area contributed by atoms with Gasteiger partial charge in [0.15, 0.2) is 12.0 Å². The highest BCUT2D eigenvalue weighted by atomic mass is 19.1. The molecule has 3 nitrogen and oxygen atoms in total. The first kappa shape index (κ1) is 12.3. The minimum absolute atomic E-state index is 0.257. The molecule has 20 heavy (non-hydrogen) atoms. The highest BCUT2D eigenvalue weighted by Gasteiger charge is 2.23. The number of ketones is 1. The third-order valence-electron chi connectivity index (χ3n) is 3.14. The number of rotatable bonds is 2. The van der Waals surface area contributed by atoms with Crippen LogP contribution in [0, 0.1) is 11.0 Å². The maximum Gasteiger partial charge on any atom is 0.300 e. The van der Waals surface area contributed by atoms with E-state index in [-0.39, 0.29) is 4.73 Å². The van der Waals surface area contributed by atoms with Crippen molar-refractivity contribution in [3.05, 3.63) is 83.1 Å². The van der Waals surface area contributed by atoms with Crippen LogP contribution >= 0.6 is 0 Å². The Kier molecular flexibility index (Phi) is 2.91. The van der Waals surface area contributed by atoms with Crippen molar-refractivity contribution in [2.24, 2.45) is 0 Å². The lowest BCUT2D eigenvalue weighted by atomic mass is 10.0. The van der Waals surface area contributed by atoms with E-state index in [2.05, 4.69) is 0 Å². The van der Waals surface area contributed by atoms with Crippen LogP contribution in [0.5, 0.6) is 0 Å². The van der Waals surface area contributed by atoms with Gasteiger partial charge in [0.1, 0.15) is 0 Å². The summed E-state index contributed by atoms with van der Waals surface area (Å²) in [6.07, 6.45) is 1.11. The molecule has 0 saturated carbocycles. The third kappa shape index (κ3) is 2.01. The number of carbonyl (C=O) groups is 1. The summed E-state index contributed by atoms with van der Waals surface area (Å²) in [6, 6.07) is 14.9. The number of aromatic nitrogens is 1. The molecule has 0 atom stereocenters. The van der Waals surface area contributed by atoms with Gasteiger partial charge in [0.05, 0.1) is 0 Å². The fourth-order valence-corrected chi connectivity index (χ4v) is 2.14. The van der Waals surface area contributed by atoms with Gasteiger partial charge >= 0.3 is 5.69 Å². The number of benzene rings is 2. The first-order chi connectivity index (χ1) is 9.66. The number of carbonyl (C=O) groups excluding carboxylic acids is 1. The summed E-state index contributed by atoms with van der Waals surface area (Å²) < 4.78 is 13.9. The molecule has 2 aromatic carbocycles. The van der Waals surface area contributed by atoms with Crippen molar-refractivity contribution in [3.63, 3.8) is 0 Å². The van der Waals surface area contributed by atoms with E-state index in [4.69, 9.17) is 0 Å². The standard InChI is InChI=1S/C16H10FNO2/c17-14-6-3-9-18(20)15(14)16(19)13-8-7-11-4-1-2-5-12(11)10-13/h1-10H. The van der Waals surface area contributed by atoms with Gasteiger partial charge in [-0.1, -0.05) is 36.4 Å². The van der Waals surface area contributed by atoms with E-state index in [1.54, 1.807) is 18.2 Å². The predicted octanol–water partition coefficient (Wildman–Crippen LogP) is 2.84. The van der Waals surface area contributed by atoms with Crippen molar-refractivity contribution in [3.8, 4) is 0 Å². The van der Waals surface area contributed by atoms with Crippen molar-refractivity contribution in [1.82, 2.24) is 0 Å². The average Bonchev–Trinajstić information content (AvgIpc) is 2.46.